The van der Waals surface area contributed by atoms with Crippen molar-refractivity contribution in [2.24, 2.45) is 5.10 Å². The molecule has 0 heterocycles. The summed E-state index contributed by atoms with van der Waals surface area (Å²) < 4.78 is 39.3. The third kappa shape index (κ3) is 6.36. The quantitative estimate of drug-likeness (QED) is 0.304. The number of rotatable bonds is 10. The molecule has 0 aliphatic heterocycles. The average Bonchev–Trinajstić information content (AvgIpc) is 2.84. The fourth-order valence-electron chi connectivity index (χ4n) is 3.06. The van der Waals surface area contributed by atoms with Crippen LogP contribution in [0.25, 0.3) is 0 Å². The number of hydrogen-bond donors (Lipinski definition) is 1. The minimum Gasteiger partial charge on any atom is -0.496 e. The summed E-state index contributed by atoms with van der Waals surface area (Å²) in [4.78, 5) is 12.7. The zero-order chi connectivity index (χ0) is 24.6. The highest BCUT2D eigenvalue weighted by Gasteiger charge is 2.27. The van der Waals surface area contributed by atoms with E-state index in [0.29, 0.717) is 29.4 Å². The standard InChI is InChI=1S/C24H24BrN3O5S/c1-3-33-21-10-12-22(13-11-21)34(30,31)28(20-7-5-4-6-8-20)17-24(29)27-26-16-18-15-19(25)9-14-23(18)32-2/h4-16H,3,17H2,1-2H3,(H,27,29)/b26-16-. The number of carbonyl (C=O) groups excluding carboxylic acids is 1. The molecule has 3 aromatic carbocycles. The van der Waals surface area contributed by atoms with Crippen LogP contribution in [0.4, 0.5) is 5.69 Å². The smallest absolute Gasteiger partial charge is 0.264 e. The van der Waals surface area contributed by atoms with E-state index in [4.69, 9.17) is 9.47 Å². The van der Waals surface area contributed by atoms with Crippen LogP contribution in [0.5, 0.6) is 11.5 Å². The van der Waals surface area contributed by atoms with Gasteiger partial charge in [0.25, 0.3) is 15.9 Å². The summed E-state index contributed by atoms with van der Waals surface area (Å²) in [6, 6.07) is 19.8. The molecule has 0 saturated heterocycles. The third-order valence-electron chi connectivity index (χ3n) is 4.64. The first-order valence-corrected chi connectivity index (χ1v) is 12.5. The lowest BCUT2D eigenvalue weighted by atomic mass is 10.2. The SMILES string of the molecule is CCOc1ccc(S(=O)(=O)N(CC(=O)N/N=C\c2cc(Br)ccc2OC)c2ccccc2)cc1. The first-order chi connectivity index (χ1) is 16.3. The zero-order valence-electron chi connectivity index (χ0n) is 18.6. The molecule has 0 spiro atoms. The number of halogens is 1. The largest absolute Gasteiger partial charge is 0.496 e. The Morgan fingerprint density at radius 3 is 2.44 bits per heavy atom. The van der Waals surface area contributed by atoms with E-state index in [0.717, 1.165) is 8.78 Å². The van der Waals surface area contributed by atoms with E-state index in [-0.39, 0.29) is 4.90 Å². The summed E-state index contributed by atoms with van der Waals surface area (Å²) in [5.74, 6) is 0.525. The molecule has 1 N–H and O–H groups in total. The second-order valence-electron chi connectivity index (χ2n) is 6.93. The summed E-state index contributed by atoms with van der Waals surface area (Å²) >= 11 is 3.38. The zero-order valence-corrected chi connectivity index (χ0v) is 21.0. The number of hydrogen-bond acceptors (Lipinski definition) is 6. The van der Waals surface area contributed by atoms with Gasteiger partial charge in [-0.25, -0.2) is 13.8 Å². The molecule has 1 amide bonds. The third-order valence-corrected chi connectivity index (χ3v) is 6.92. The Kier molecular flexibility index (Phi) is 8.67. The number of carbonyl (C=O) groups is 1. The number of nitrogens with one attached hydrogen (secondary N) is 1. The number of ether oxygens (including phenoxy) is 2. The lowest BCUT2D eigenvalue weighted by molar-refractivity contribution is -0.119. The van der Waals surface area contributed by atoms with Gasteiger partial charge < -0.3 is 9.47 Å². The summed E-state index contributed by atoms with van der Waals surface area (Å²) in [6.07, 6.45) is 1.43. The van der Waals surface area contributed by atoms with E-state index in [1.807, 2.05) is 13.0 Å². The van der Waals surface area contributed by atoms with Crippen molar-refractivity contribution in [3.63, 3.8) is 0 Å². The van der Waals surface area contributed by atoms with Crippen molar-refractivity contribution in [3.05, 3.63) is 82.8 Å². The lowest BCUT2D eigenvalue weighted by Gasteiger charge is -2.23. The summed E-state index contributed by atoms with van der Waals surface area (Å²) in [5, 5.41) is 3.96. The Morgan fingerprint density at radius 1 is 1.09 bits per heavy atom. The van der Waals surface area contributed by atoms with Crippen LogP contribution in [-0.4, -0.2) is 40.8 Å². The molecule has 0 aliphatic carbocycles. The van der Waals surface area contributed by atoms with E-state index in [2.05, 4.69) is 26.5 Å². The second-order valence-corrected chi connectivity index (χ2v) is 9.71. The molecule has 178 valence electrons. The summed E-state index contributed by atoms with van der Waals surface area (Å²) in [6.45, 7) is 1.84. The Morgan fingerprint density at radius 2 is 1.79 bits per heavy atom. The molecule has 0 saturated carbocycles. The van der Waals surface area contributed by atoms with E-state index in [1.54, 1.807) is 54.6 Å². The predicted molar refractivity (Wildman–Crippen MR) is 135 cm³/mol. The molecular formula is C24H24BrN3O5S. The maximum absolute atomic E-state index is 13.4. The number of anilines is 1. The van der Waals surface area contributed by atoms with Crippen LogP contribution in [0.15, 0.2) is 87.3 Å². The molecule has 8 nitrogen and oxygen atoms in total. The number of nitrogens with zero attached hydrogens (tertiary/aromatic N) is 2. The average molecular weight is 546 g/mol. The number of hydrazone groups is 1. The predicted octanol–water partition coefficient (Wildman–Crippen LogP) is 4.20. The lowest BCUT2D eigenvalue weighted by Crippen LogP contribution is -2.39. The van der Waals surface area contributed by atoms with E-state index in [1.165, 1.54) is 25.5 Å². The number of sulfonamides is 1. The maximum atomic E-state index is 13.4. The first kappa shape index (κ1) is 25.3. The Balaban J connectivity index is 1.82. The first-order valence-electron chi connectivity index (χ1n) is 10.3. The van der Waals surface area contributed by atoms with Gasteiger partial charge in [-0.05, 0) is 61.5 Å². The highest BCUT2D eigenvalue weighted by Crippen LogP contribution is 2.25. The van der Waals surface area contributed by atoms with Crippen molar-refractivity contribution in [1.82, 2.24) is 5.43 Å². The molecular weight excluding hydrogens is 522 g/mol. The van der Waals surface area contributed by atoms with Crippen LogP contribution >= 0.6 is 15.9 Å². The second kappa shape index (κ2) is 11.7. The number of amides is 1. The molecule has 0 bridgehead atoms. The number of para-hydroxylation sites is 1. The van der Waals surface area contributed by atoms with Crippen LogP contribution in [0, 0.1) is 0 Å². The van der Waals surface area contributed by atoms with Crippen LogP contribution in [-0.2, 0) is 14.8 Å². The van der Waals surface area contributed by atoms with Gasteiger partial charge in [0.05, 0.1) is 30.5 Å². The molecule has 10 heteroatoms. The van der Waals surface area contributed by atoms with Crippen molar-refractivity contribution in [1.29, 1.82) is 0 Å². The molecule has 0 atom stereocenters. The topological polar surface area (TPSA) is 97.3 Å². The summed E-state index contributed by atoms with van der Waals surface area (Å²) in [5.41, 5.74) is 3.37. The molecule has 0 radical (unpaired) electrons. The van der Waals surface area contributed by atoms with E-state index >= 15 is 0 Å². The minimum atomic E-state index is -4.04. The molecule has 0 fully saturated rings. The molecule has 0 aliphatic rings. The molecule has 0 unspecified atom stereocenters. The van der Waals surface area contributed by atoms with Crippen LogP contribution in [0.3, 0.4) is 0 Å². The Bertz CT molecular complexity index is 1250. The van der Waals surface area contributed by atoms with Crippen molar-refractivity contribution in [2.75, 3.05) is 24.6 Å². The normalized spacial score (nSPS) is 11.3. The van der Waals surface area contributed by atoms with E-state index in [9.17, 15) is 13.2 Å². The summed E-state index contributed by atoms with van der Waals surface area (Å²) in [7, 11) is -2.51. The molecule has 3 rings (SSSR count). The fraction of sp³-hybridized carbons (Fsp3) is 0.167. The van der Waals surface area contributed by atoms with Gasteiger partial charge in [-0.15, -0.1) is 0 Å². The van der Waals surface area contributed by atoms with Gasteiger partial charge in [-0.1, -0.05) is 34.1 Å². The van der Waals surface area contributed by atoms with Crippen LogP contribution < -0.4 is 19.2 Å². The monoisotopic (exact) mass is 545 g/mol. The highest BCUT2D eigenvalue weighted by atomic mass is 79.9. The van der Waals surface area contributed by atoms with Crippen molar-refractivity contribution in [2.45, 2.75) is 11.8 Å². The van der Waals surface area contributed by atoms with Crippen molar-refractivity contribution in [3.8, 4) is 11.5 Å². The molecule has 0 aromatic heterocycles. The van der Waals surface area contributed by atoms with Gasteiger partial charge in [0.2, 0.25) is 0 Å². The van der Waals surface area contributed by atoms with Gasteiger partial charge in [0.1, 0.15) is 18.0 Å². The number of methoxy groups -OCH3 is 1. The minimum absolute atomic E-state index is 0.0370. The van der Waals surface area contributed by atoms with Crippen LogP contribution in [0.1, 0.15) is 12.5 Å². The van der Waals surface area contributed by atoms with Gasteiger partial charge in [0, 0.05) is 10.0 Å². The van der Waals surface area contributed by atoms with E-state index < -0.39 is 22.5 Å². The number of benzene rings is 3. The molecule has 34 heavy (non-hydrogen) atoms. The van der Waals surface area contributed by atoms with Gasteiger partial charge in [-0.3, -0.25) is 9.10 Å². The van der Waals surface area contributed by atoms with Crippen molar-refractivity contribution >= 4 is 43.8 Å². The highest BCUT2D eigenvalue weighted by molar-refractivity contribution is 9.10. The molecule has 3 aromatic rings. The Hall–Kier alpha value is -3.37. The van der Waals surface area contributed by atoms with Crippen molar-refractivity contribution < 1.29 is 22.7 Å². The van der Waals surface area contributed by atoms with Crippen LogP contribution in [0.2, 0.25) is 0 Å². The Labute approximate surface area is 207 Å². The fourth-order valence-corrected chi connectivity index (χ4v) is 4.86. The van der Waals surface area contributed by atoms with Gasteiger partial charge in [-0.2, -0.15) is 5.10 Å². The maximum Gasteiger partial charge on any atom is 0.264 e. The van der Waals surface area contributed by atoms with Gasteiger partial charge >= 0.3 is 0 Å². The van der Waals surface area contributed by atoms with Gasteiger partial charge in [0.15, 0.2) is 0 Å².